The monoisotopic (exact) mass is 296 g/mol. The smallest absolute Gasteiger partial charge is 0.224 e. The van der Waals surface area contributed by atoms with Crippen LogP contribution < -0.4 is 10.6 Å². The molecular formula is C16H25ClN2O. The highest BCUT2D eigenvalue weighted by molar-refractivity contribution is 5.85. The fourth-order valence-electron chi connectivity index (χ4n) is 2.69. The van der Waals surface area contributed by atoms with Gasteiger partial charge in [-0.1, -0.05) is 31.2 Å². The van der Waals surface area contributed by atoms with E-state index in [4.69, 9.17) is 0 Å². The zero-order valence-corrected chi connectivity index (χ0v) is 13.3. The van der Waals surface area contributed by atoms with Crippen molar-refractivity contribution in [2.45, 2.75) is 32.1 Å². The molecule has 0 saturated heterocycles. The average Bonchev–Trinajstić information content (AvgIpc) is 3.18. The van der Waals surface area contributed by atoms with Gasteiger partial charge in [0.1, 0.15) is 0 Å². The molecule has 1 aromatic carbocycles. The van der Waals surface area contributed by atoms with Crippen molar-refractivity contribution in [2.24, 2.45) is 5.92 Å². The van der Waals surface area contributed by atoms with E-state index in [2.05, 4.69) is 41.8 Å². The maximum absolute atomic E-state index is 12.0. The van der Waals surface area contributed by atoms with Gasteiger partial charge in [0.05, 0.1) is 0 Å². The summed E-state index contributed by atoms with van der Waals surface area (Å²) in [6, 6.07) is 8.52. The van der Waals surface area contributed by atoms with Crippen molar-refractivity contribution in [1.82, 2.24) is 10.6 Å². The van der Waals surface area contributed by atoms with Crippen molar-refractivity contribution in [1.29, 1.82) is 0 Å². The van der Waals surface area contributed by atoms with Crippen LogP contribution in [0, 0.1) is 12.8 Å². The van der Waals surface area contributed by atoms with E-state index < -0.39 is 0 Å². The van der Waals surface area contributed by atoms with Gasteiger partial charge >= 0.3 is 0 Å². The first-order valence-electron chi connectivity index (χ1n) is 7.07. The summed E-state index contributed by atoms with van der Waals surface area (Å²) in [5.41, 5.74) is 2.93. The largest absolute Gasteiger partial charge is 0.355 e. The predicted molar refractivity (Wildman–Crippen MR) is 85.4 cm³/mol. The van der Waals surface area contributed by atoms with Crippen molar-refractivity contribution >= 4 is 18.3 Å². The molecule has 1 unspecified atom stereocenters. The molecule has 20 heavy (non-hydrogen) atoms. The second kappa shape index (κ2) is 7.09. The van der Waals surface area contributed by atoms with E-state index in [1.54, 1.807) is 0 Å². The molecule has 0 heterocycles. The molecule has 1 aliphatic carbocycles. The van der Waals surface area contributed by atoms with Crippen LogP contribution in [0.5, 0.6) is 0 Å². The maximum Gasteiger partial charge on any atom is 0.224 e. The molecule has 0 radical (unpaired) electrons. The predicted octanol–water partition coefficient (Wildman–Crippen LogP) is 2.42. The highest BCUT2D eigenvalue weighted by Crippen LogP contribution is 2.48. The molecule has 112 valence electrons. The summed E-state index contributed by atoms with van der Waals surface area (Å²) in [7, 11) is 1.87. The molecule has 1 atom stereocenters. The molecule has 4 heteroatoms. The third-order valence-corrected chi connectivity index (χ3v) is 4.13. The van der Waals surface area contributed by atoms with Gasteiger partial charge in [-0.2, -0.15) is 0 Å². The summed E-state index contributed by atoms with van der Waals surface area (Å²) in [5.74, 6) is 0.173. The van der Waals surface area contributed by atoms with Gasteiger partial charge in [-0.15, -0.1) is 12.4 Å². The summed E-state index contributed by atoms with van der Waals surface area (Å²) in [6.45, 7) is 5.61. The van der Waals surface area contributed by atoms with Gasteiger partial charge in [-0.25, -0.2) is 0 Å². The fourth-order valence-corrected chi connectivity index (χ4v) is 2.69. The van der Waals surface area contributed by atoms with Crippen LogP contribution in [0.4, 0.5) is 0 Å². The van der Waals surface area contributed by atoms with Gasteiger partial charge in [0, 0.05) is 24.4 Å². The second-order valence-electron chi connectivity index (χ2n) is 5.77. The van der Waals surface area contributed by atoms with Gasteiger partial charge in [-0.05, 0) is 37.9 Å². The minimum absolute atomic E-state index is 0. The number of hydrogen-bond acceptors (Lipinski definition) is 2. The van der Waals surface area contributed by atoms with Gasteiger partial charge < -0.3 is 10.6 Å². The maximum atomic E-state index is 12.0. The first kappa shape index (κ1) is 17.0. The lowest BCUT2D eigenvalue weighted by Gasteiger charge is -2.20. The van der Waals surface area contributed by atoms with Crippen LogP contribution in [-0.4, -0.2) is 26.0 Å². The topological polar surface area (TPSA) is 41.1 Å². The normalized spacial score (nSPS) is 16.9. The molecule has 2 rings (SSSR count). The Morgan fingerprint density at radius 2 is 2.00 bits per heavy atom. The number of amides is 1. The quantitative estimate of drug-likeness (QED) is 0.846. The number of nitrogens with one attached hydrogen (secondary N) is 2. The van der Waals surface area contributed by atoms with Crippen molar-refractivity contribution < 1.29 is 4.79 Å². The van der Waals surface area contributed by atoms with Crippen LogP contribution in [-0.2, 0) is 10.2 Å². The molecule has 3 nitrogen and oxygen atoms in total. The van der Waals surface area contributed by atoms with E-state index in [9.17, 15) is 4.79 Å². The Bertz CT molecular complexity index is 458. The number of carbonyl (C=O) groups is 1. The van der Waals surface area contributed by atoms with E-state index in [1.165, 1.54) is 24.0 Å². The zero-order valence-electron chi connectivity index (χ0n) is 12.5. The summed E-state index contributed by atoms with van der Waals surface area (Å²) in [5, 5.41) is 6.16. The standard InChI is InChI=1S/C16H24N2O.ClH/c1-12-6-4-5-7-14(12)16(8-9-16)11-18-15(19)13(2)10-17-3;/h4-7,13,17H,8-11H2,1-3H3,(H,18,19);1H. The van der Waals surface area contributed by atoms with Crippen LogP contribution in [0.3, 0.4) is 0 Å². The number of carbonyl (C=O) groups excluding carboxylic acids is 1. The number of rotatable bonds is 6. The summed E-state index contributed by atoms with van der Waals surface area (Å²) in [4.78, 5) is 12.0. The Labute approximate surface area is 127 Å². The highest BCUT2D eigenvalue weighted by atomic mass is 35.5. The zero-order chi connectivity index (χ0) is 13.9. The van der Waals surface area contributed by atoms with Crippen molar-refractivity contribution in [3.63, 3.8) is 0 Å². The van der Waals surface area contributed by atoms with Crippen LogP contribution in [0.25, 0.3) is 0 Å². The average molecular weight is 297 g/mol. The van der Waals surface area contributed by atoms with Crippen molar-refractivity contribution in [2.75, 3.05) is 20.1 Å². The molecular weight excluding hydrogens is 272 g/mol. The van der Waals surface area contributed by atoms with Crippen molar-refractivity contribution in [3.8, 4) is 0 Å². The number of hydrogen-bond donors (Lipinski definition) is 2. The van der Waals surface area contributed by atoms with E-state index in [-0.39, 0.29) is 29.6 Å². The third-order valence-electron chi connectivity index (χ3n) is 4.13. The fraction of sp³-hybridized carbons (Fsp3) is 0.562. The van der Waals surface area contributed by atoms with Gasteiger partial charge in [0.2, 0.25) is 5.91 Å². The van der Waals surface area contributed by atoms with E-state index in [0.717, 1.165) is 13.1 Å². The molecule has 0 aromatic heterocycles. The Kier molecular flexibility index (Phi) is 6.03. The van der Waals surface area contributed by atoms with E-state index in [1.807, 2.05) is 14.0 Å². The van der Waals surface area contributed by atoms with Crippen LogP contribution in [0.2, 0.25) is 0 Å². The SMILES string of the molecule is CNCC(C)C(=O)NCC1(c2ccccc2C)CC1.Cl. The third kappa shape index (κ3) is 3.74. The highest BCUT2D eigenvalue weighted by Gasteiger charge is 2.45. The number of aryl methyl sites for hydroxylation is 1. The Hall–Kier alpha value is -1.06. The Morgan fingerprint density at radius 3 is 2.55 bits per heavy atom. The molecule has 1 aliphatic rings. The molecule has 1 aromatic rings. The minimum Gasteiger partial charge on any atom is -0.355 e. The molecule has 0 bridgehead atoms. The van der Waals surface area contributed by atoms with Crippen LogP contribution in [0.15, 0.2) is 24.3 Å². The van der Waals surface area contributed by atoms with Gasteiger partial charge in [-0.3, -0.25) is 4.79 Å². The second-order valence-corrected chi connectivity index (χ2v) is 5.77. The first-order chi connectivity index (χ1) is 9.09. The van der Waals surface area contributed by atoms with Crippen LogP contribution in [0.1, 0.15) is 30.9 Å². The Balaban J connectivity index is 0.00000200. The Morgan fingerprint density at radius 1 is 1.35 bits per heavy atom. The van der Waals surface area contributed by atoms with Crippen molar-refractivity contribution in [3.05, 3.63) is 35.4 Å². The summed E-state index contributed by atoms with van der Waals surface area (Å²) < 4.78 is 0. The number of benzene rings is 1. The molecule has 1 fully saturated rings. The summed E-state index contributed by atoms with van der Waals surface area (Å²) >= 11 is 0. The molecule has 0 aliphatic heterocycles. The lowest BCUT2D eigenvalue weighted by Crippen LogP contribution is -2.38. The van der Waals surface area contributed by atoms with Gasteiger partial charge in [0.25, 0.3) is 0 Å². The molecule has 2 N–H and O–H groups in total. The lowest BCUT2D eigenvalue weighted by molar-refractivity contribution is -0.124. The lowest BCUT2D eigenvalue weighted by atomic mass is 9.91. The van der Waals surface area contributed by atoms with Crippen LogP contribution >= 0.6 is 12.4 Å². The summed E-state index contributed by atoms with van der Waals surface area (Å²) in [6.07, 6.45) is 2.36. The van der Waals surface area contributed by atoms with E-state index >= 15 is 0 Å². The first-order valence-corrected chi connectivity index (χ1v) is 7.07. The molecule has 1 saturated carbocycles. The molecule has 0 spiro atoms. The van der Waals surface area contributed by atoms with E-state index in [0.29, 0.717) is 0 Å². The minimum atomic E-state index is 0. The van der Waals surface area contributed by atoms with Gasteiger partial charge in [0.15, 0.2) is 0 Å². The molecule has 1 amide bonds. The number of halogens is 1.